The molecule has 0 aliphatic carbocycles. The summed E-state index contributed by atoms with van der Waals surface area (Å²) in [4.78, 5) is 23.3. The molecule has 1 saturated heterocycles. The van der Waals surface area contributed by atoms with Gasteiger partial charge in [-0.05, 0) is 42.1 Å². The summed E-state index contributed by atoms with van der Waals surface area (Å²) in [6, 6.07) is 8.25. The Bertz CT molecular complexity index is 700. The second-order valence-electron chi connectivity index (χ2n) is 5.50. The molecule has 2 atom stereocenters. The fraction of sp³-hybridized carbons (Fsp3) is 0.294. The van der Waals surface area contributed by atoms with E-state index in [1.165, 1.54) is 11.3 Å². The molecule has 3 rings (SSSR count). The molecule has 1 aromatic carbocycles. The molecule has 2 heterocycles. The highest BCUT2D eigenvalue weighted by atomic mass is 32.1. The Morgan fingerprint density at radius 2 is 2.00 bits per heavy atom. The third kappa shape index (κ3) is 3.93. The number of benzene rings is 1. The van der Waals surface area contributed by atoms with E-state index in [1.807, 2.05) is 10.8 Å². The number of carbonyl (C=O) groups is 2. The average molecular weight is 346 g/mol. The van der Waals surface area contributed by atoms with E-state index in [2.05, 4.69) is 5.32 Å². The van der Waals surface area contributed by atoms with Crippen LogP contribution in [0, 0.1) is 0 Å². The van der Waals surface area contributed by atoms with Crippen molar-refractivity contribution in [3.63, 3.8) is 0 Å². The summed E-state index contributed by atoms with van der Waals surface area (Å²) in [5, 5.41) is 6.69. The Labute approximate surface area is 143 Å². The first-order valence-electron chi connectivity index (χ1n) is 7.61. The lowest BCUT2D eigenvalue weighted by Crippen LogP contribution is -2.51. The van der Waals surface area contributed by atoms with Gasteiger partial charge >= 0.3 is 0 Å². The van der Waals surface area contributed by atoms with Crippen molar-refractivity contribution in [3.8, 4) is 5.75 Å². The van der Waals surface area contributed by atoms with Gasteiger partial charge in [-0.2, -0.15) is 11.3 Å². The number of hydrogen-bond donors (Lipinski definition) is 2. The molecule has 2 amide bonds. The Morgan fingerprint density at radius 3 is 2.67 bits per heavy atom. The van der Waals surface area contributed by atoms with E-state index in [4.69, 9.17) is 15.2 Å². The Kier molecular flexibility index (Phi) is 5.12. The third-order valence-corrected chi connectivity index (χ3v) is 4.51. The molecule has 126 valence electrons. The minimum absolute atomic E-state index is 0.110. The maximum atomic E-state index is 12.2. The summed E-state index contributed by atoms with van der Waals surface area (Å²) in [6.45, 7) is 0.973. The maximum absolute atomic E-state index is 12.2. The maximum Gasteiger partial charge on any atom is 0.252 e. The monoisotopic (exact) mass is 346 g/mol. The first-order valence-corrected chi connectivity index (χ1v) is 8.55. The fourth-order valence-electron chi connectivity index (χ4n) is 2.51. The number of hydrogen-bond acceptors (Lipinski definition) is 5. The molecular weight excluding hydrogens is 328 g/mol. The minimum Gasteiger partial charge on any atom is -0.486 e. The first-order chi connectivity index (χ1) is 11.6. The van der Waals surface area contributed by atoms with Gasteiger partial charge in [0.05, 0.1) is 12.6 Å². The van der Waals surface area contributed by atoms with Gasteiger partial charge in [0.1, 0.15) is 11.9 Å². The molecule has 1 aliphatic rings. The Morgan fingerprint density at radius 1 is 1.21 bits per heavy atom. The number of carbonyl (C=O) groups excluding carboxylic acids is 2. The number of rotatable bonds is 5. The zero-order chi connectivity index (χ0) is 16.9. The lowest BCUT2D eigenvalue weighted by molar-refractivity contribution is -0.0135. The van der Waals surface area contributed by atoms with Crippen LogP contribution in [0.5, 0.6) is 5.75 Å². The lowest BCUT2D eigenvalue weighted by Gasteiger charge is -2.32. The van der Waals surface area contributed by atoms with Gasteiger partial charge in [0.2, 0.25) is 5.91 Å². The minimum atomic E-state index is -0.483. The molecule has 2 unspecified atom stereocenters. The van der Waals surface area contributed by atoms with E-state index >= 15 is 0 Å². The highest BCUT2D eigenvalue weighted by molar-refractivity contribution is 7.08. The highest BCUT2D eigenvalue weighted by Crippen LogP contribution is 2.19. The van der Waals surface area contributed by atoms with E-state index in [0.29, 0.717) is 36.5 Å². The SMILES string of the molecule is NC(=O)c1ccc(OC2COCCC2NC(=O)c2ccsc2)cc1. The van der Waals surface area contributed by atoms with E-state index in [1.54, 1.807) is 30.3 Å². The summed E-state index contributed by atoms with van der Waals surface area (Å²) < 4.78 is 11.4. The molecule has 3 N–H and O–H groups in total. The van der Waals surface area contributed by atoms with E-state index in [-0.39, 0.29) is 18.1 Å². The van der Waals surface area contributed by atoms with E-state index in [0.717, 1.165) is 0 Å². The molecular formula is C17H18N2O4S. The molecule has 6 nitrogen and oxygen atoms in total. The van der Waals surface area contributed by atoms with Crippen LogP contribution in [0.1, 0.15) is 27.1 Å². The van der Waals surface area contributed by atoms with Gasteiger partial charge in [-0.25, -0.2) is 0 Å². The first kappa shape index (κ1) is 16.5. The molecule has 24 heavy (non-hydrogen) atoms. The Balaban J connectivity index is 1.65. The normalized spacial score (nSPS) is 20.3. The zero-order valence-corrected chi connectivity index (χ0v) is 13.8. The van der Waals surface area contributed by atoms with Gasteiger partial charge in [-0.3, -0.25) is 9.59 Å². The highest BCUT2D eigenvalue weighted by Gasteiger charge is 2.29. The summed E-state index contributed by atoms with van der Waals surface area (Å²) in [5.41, 5.74) is 6.29. The number of thiophene rings is 1. The van der Waals surface area contributed by atoms with Crippen LogP contribution in [0.4, 0.5) is 0 Å². The third-order valence-electron chi connectivity index (χ3n) is 3.83. The zero-order valence-electron chi connectivity index (χ0n) is 12.9. The van der Waals surface area contributed by atoms with Crippen LogP contribution < -0.4 is 15.8 Å². The van der Waals surface area contributed by atoms with Crippen molar-refractivity contribution >= 4 is 23.2 Å². The molecule has 1 aliphatic heterocycles. The molecule has 1 fully saturated rings. The van der Waals surface area contributed by atoms with Gasteiger partial charge in [-0.1, -0.05) is 0 Å². The number of nitrogens with two attached hydrogens (primary N) is 1. The summed E-state index contributed by atoms with van der Waals surface area (Å²) >= 11 is 1.48. The number of amides is 2. The average Bonchev–Trinajstić information content (AvgIpc) is 3.12. The predicted octanol–water partition coefficient (Wildman–Crippen LogP) is 1.81. The molecule has 0 bridgehead atoms. The second-order valence-corrected chi connectivity index (χ2v) is 6.28. The Hall–Kier alpha value is -2.38. The van der Waals surface area contributed by atoms with Crippen molar-refractivity contribution in [3.05, 3.63) is 52.2 Å². The fourth-order valence-corrected chi connectivity index (χ4v) is 3.15. The van der Waals surface area contributed by atoms with Crippen LogP contribution in [-0.2, 0) is 4.74 Å². The van der Waals surface area contributed by atoms with Crippen molar-refractivity contribution in [2.24, 2.45) is 5.73 Å². The molecule has 0 radical (unpaired) electrons. The van der Waals surface area contributed by atoms with Crippen molar-refractivity contribution < 1.29 is 19.1 Å². The van der Waals surface area contributed by atoms with Crippen molar-refractivity contribution in [1.82, 2.24) is 5.32 Å². The lowest BCUT2D eigenvalue weighted by atomic mass is 10.1. The summed E-state index contributed by atoms with van der Waals surface area (Å²) in [5.74, 6) is 0.00885. The molecule has 7 heteroatoms. The molecule has 1 aromatic heterocycles. The summed E-state index contributed by atoms with van der Waals surface area (Å²) in [6.07, 6.45) is 0.390. The van der Waals surface area contributed by atoms with Crippen LogP contribution >= 0.6 is 11.3 Å². The van der Waals surface area contributed by atoms with Crippen molar-refractivity contribution in [1.29, 1.82) is 0 Å². The quantitative estimate of drug-likeness (QED) is 0.864. The number of ether oxygens (including phenoxy) is 2. The van der Waals surface area contributed by atoms with Gasteiger partial charge in [0.25, 0.3) is 5.91 Å². The second kappa shape index (κ2) is 7.46. The van der Waals surface area contributed by atoms with Gasteiger partial charge in [0.15, 0.2) is 0 Å². The number of primary amides is 1. The smallest absolute Gasteiger partial charge is 0.252 e. The van der Waals surface area contributed by atoms with E-state index < -0.39 is 5.91 Å². The van der Waals surface area contributed by atoms with Crippen LogP contribution in [0.15, 0.2) is 41.1 Å². The molecule has 0 spiro atoms. The standard InChI is InChI=1S/C17H18N2O4S/c18-16(20)11-1-3-13(4-2-11)23-15-9-22-7-5-14(15)19-17(21)12-6-8-24-10-12/h1-4,6,8,10,14-15H,5,7,9H2,(H2,18,20)(H,19,21). The molecule has 0 saturated carbocycles. The topological polar surface area (TPSA) is 90.7 Å². The van der Waals surface area contributed by atoms with Crippen molar-refractivity contribution in [2.45, 2.75) is 18.6 Å². The van der Waals surface area contributed by atoms with Crippen LogP contribution in [0.3, 0.4) is 0 Å². The summed E-state index contributed by atoms with van der Waals surface area (Å²) in [7, 11) is 0. The van der Waals surface area contributed by atoms with Gasteiger partial charge < -0.3 is 20.5 Å². The van der Waals surface area contributed by atoms with Gasteiger partial charge in [0, 0.05) is 23.1 Å². The van der Waals surface area contributed by atoms with Gasteiger partial charge in [-0.15, -0.1) is 0 Å². The van der Waals surface area contributed by atoms with E-state index in [9.17, 15) is 9.59 Å². The van der Waals surface area contributed by atoms with Crippen LogP contribution in [0.25, 0.3) is 0 Å². The largest absolute Gasteiger partial charge is 0.486 e. The van der Waals surface area contributed by atoms with Crippen molar-refractivity contribution in [2.75, 3.05) is 13.2 Å². The predicted molar refractivity (Wildman–Crippen MR) is 90.4 cm³/mol. The van der Waals surface area contributed by atoms with Crippen LogP contribution in [-0.4, -0.2) is 37.2 Å². The van der Waals surface area contributed by atoms with Crippen LogP contribution in [0.2, 0.25) is 0 Å². The molecule has 2 aromatic rings. The number of nitrogens with one attached hydrogen (secondary N) is 1.